The number of rotatable bonds is 9. The van der Waals surface area contributed by atoms with E-state index in [-0.39, 0.29) is 30.6 Å². The summed E-state index contributed by atoms with van der Waals surface area (Å²) in [6.07, 6.45) is 2.98. The Hall–Kier alpha value is -4.59. The smallest absolute Gasteiger partial charge is 0.411 e. The van der Waals surface area contributed by atoms with Crippen LogP contribution in [0.5, 0.6) is 11.5 Å². The Kier molecular flexibility index (Phi) is 7.63. The maximum absolute atomic E-state index is 13.0. The van der Waals surface area contributed by atoms with Crippen LogP contribution in [0.25, 0.3) is 11.3 Å². The highest BCUT2D eigenvalue weighted by Crippen LogP contribution is 2.37. The third-order valence-corrected chi connectivity index (χ3v) is 6.81. The van der Waals surface area contributed by atoms with Gasteiger partial charge in [-0.25, -0.2) is 9.78 Å². The van der Waals surface area contributed by atoms with Crippen LogP contribution in [-0.2, 0) is 34.3 Å². The number of carbonyl (C=O) groups is 2. The number of aromatic nitrogens is 2. The number of hydrogen-bond acceptors (Lipinski definition) is 6. The van der Waals surface area contributed by atoms with Gasteiger partial charge in [-0.2, -0.15) is 0 Å². The Balaban J connectivity index is 1.45. The Morgan fingerprint density at radius 2 is 1.87 bits per heavy atom. The number of imidazole rings is 1. The van der Waals surface area contributed by atoms with Crippen molar-refractivity contribution in [2.24, 2.45) is 7.05 Å². The number of hydrogen-bond donors (Lipinski definition) is 0. The maximum Gasteiger partial charge on any atom is 0.411 e. The monoisotopic (exact) mass is 525 g/mol. The van der Waals surface area contributed by atoms with Crippen LogP contribution in [0.3, 0.4) is 0 Å². The van der Waals surface area contributed by atoms with Crippen LogP contribution >= 0.6 is 0 Å². The molecule has 2 atom stereocenters. The molecule has 0 saturated carbocycles. The van der Waals surface area contributed by atoms with Gasteiger partial charge in [-0.1, -0.05) is 42.5 Å². The average Bonchev–Trinajstić information content (AvgIpc) is 3.48. The molecular formula is C31H31N3O5. The third-order valence-electron chi connectivity index (χ3n) is 6.81. The summed E-state index contributed by atoms with van der Waals surface area (Å²) in [5, 5.41) is 0. The van der Waals surface area contributed by atoms with Crippen LogP contribution in [0.15, 0.2) is 85.3 Å². The summed E-state index contributed by atoms with van der Waals surface area (Å²) in [6, 6.07) is 22.9. The van der Waals surface area contributed by atoms with E-state index in [1.54, 1.807) is 24.3 Å². The molecule has 8 nitrogen and oxygen atoms in total. The number of cyclic esters (lactones) is 1. The number of ether oxygens (including phenoxy) is 3. The van der Waals surface area contributed by atoms with Crippen LogP contribution in [0.2, 0.25) is 0 Å². The maximum atomic E-state index is 13.0. The molecule has 3 aromatic carbocycles. The van der Waals surface area contributed by atoms with Gasteiger partial charge in [0.15, 0.2) is 0 Å². The first kappa shape index (κ1) is 26.0. The minimum atomic E-state index is -0.371. The van der Waals surface area contributed by atoms with Crippen molar-refractivity contribution in [1.29, 1.82) is 0 Å². The summed E-state index contributed by atoms with van der Waals surface area (Å²) < 4.78 is 19.1. The van der Waals surface area contributed by atoms with Gasteiger partial charge in [-0.3, -0.25) is 9.69 Å². The lowest BCUT2D eigenvalue weighted by molar-refractivity contribution is -0.142. The second-order valence-electron chi connectivity index (χ2n) is 9.53. The second kappa shape index (κ2) is 11.4. The zero-order valence-electron chi connectivity index (χ0n) is 22.2. The standard InChI is InChI=1S/C31H31N3O5/c1-4-37-29(35)16-22-9-8-12-26(15-22)38-28-14-13-24(27-18-32-20-33(27)3)17-25(28)19-34-21(2)30(39-31(34)36)23-10-6-5-7-11-23/h5-15,17-18,20-21,30H,4,16,19H2,1-3H3/t21-,30-/m0/s1. The Morgan fingerprint density at radius 1 is 1.05 bits per heavy atom. The summed E-state index contributed by atoms with van der Waals surface area (Å²) in [4.78, 5) is 31.0. The number of esters is 1. The molecule has 0 N–H and O–H groups in total. The summed E-state index contributed by atoms with van der Waals surface area (Å²) in [5.41, 5.74) is 4.47. The number of carbonyl (C=O) groups excluding carboxylic acids is 2. The first-order valence-corrected chi connectivity index (χ1v) is 13.0. The van der Waals surface area contributed by atoms with Crippen molar-refractivity contribution in [3.05, 3.63) is 102 Å². The molecule has 1 aromatic heterocycles. The third kappa shape index (κ3) is 5.80. The molecular weight excluding hydrogens is 494 g/mol. The summed E-state index contributed by atoms with van der Waals surface area (Å²) in [7, 11) is 1.94. The molecule has 39 heavy (non-hydrogen) atoms. The molecule has 5 rings (SSSR count). The zero-order valence-corrected chi connectivity index (χ0v) is 22.2. The van der Waals surface area contributed by atoms with E-state index >= 15 is 0 Å². The van der Waals surface area contributed by atoms with Gasteiger partial charge >= 0.3 is 12.1 Å². The van der Waals surface area contributed by atoms with Crippen LogP contribution < -0.4 is 4.74 Å². The lowest BCUT2D eigenvalue weighted by atomic mass is 10.0. The van der Waals surface area contributed by atoms with E-state index in [9.17, 15) is 9.59 Å². The van der Waals surface area contributed by atoms with E-state index in [2.05, 4.69) is 4.98 Å². The summed E-state index contributed by atoms with van der Waals surface area (Å²) >= 11 is 0. The molecule has 0 unspecified atom stereocenters. The first-order valence-electron chi connectivity index (χ1n) is 13.0. The molecule has 1 aliphatic rings. The predicted molar refractivity (Wildman–Crippen MR) is 146 cm³/mol. The average molecular weight is 526 g/mol. The highest BCUT2D eigenvalue weighted by molar-refractivity contribution is 5.73. The van der Waals surface area contributed by atoms with Crippen molar-refractivity contribution in [2.75, 3.05) is 6.61 Å². The van der Waals surface area contributed by atoms with Crippen molar-refractivity contribution < 1.29 is 23.8 Å². The molecule has 1 saturated heterocycles. The first-order chi connectivity index (χ1) is 18.9. The van der Waals surface area contributed by atoms with E-state index < -0.39 is 0 Å². The van der Waals surface area contributed by atoms with Crippen molar-refractivity contribution >= 4 is 12.1 Å². The molecule has 0 radical (unpaired) electrons. The lowest BCUT2D eigenvalue weighted by Gasteiger charge is -2.23. The summed E-state index contributed by atoms with van der Waals surface area (Å²) in [5.74, 6) is 0.910. The highest BCUT2D eigenvalue weighted by atomic mass is 16.6. The van der Waals surface area contributed by atoms with Crippen molar-refractivity contribution in [1.82, 2.24) is 14.5 Å². The highest BCUT2D eigenvalue weighted by Gasteiger charge is 2.40. The Labute approximate surface area is 227 Å². The fourth-order valence-electron chi connectivity index (χ4n) is 4.81. The van der Waals surface area contributed by atoms with Crippen LogP contribution in [-0.4, -0.2) is 39.2 Å². The quantitative estimate of drug-likeness (QED) is 0.247. The van der Waals surface area contributed by atoms with E-state index in [4.69, 9.17) is 14.2 Å². The molecule has 1 fully saturated rings. The summed E-state index contributed by atoms with van der Waals surface area (Å²) in [6.45, 7) is 4.41. The molecule has 8 heteroatoms. The van der Waals surface area contributed by atoms with E-state index in [1.807, 2.05) is 91.3 Å². The zero-order chi connectivity index (χ0) is 27.4. The van der Waals surface area contributed by atoms with Crippen LogP contribution in [0.1, 0.15) is 36.6 Å². The Morgan fingerprint density at radius 3 is 2.62 bits per heavy atom. The molecule has 0 spiro atoms. The molecule has 0 aliphatic carbocycles. The number of nitrogens with zero attached hydrogens (tertiary/aromatic N) is 3. The van der Waals surface area contributed by atoms with Crippen molar-refractivity contribution in [3.8, 4) is 22.8 Å². The van der Waals surface area contributed by atoms with Gasteiger partial charge in [0.1, 0.15) is 17.6 Å². The number of amides is 1. The Bertz CT molecular complexity index is 1470. The van der Waals surface area contributed by atoms with E-state index in [0.29, 0.717) is 24.7 Å². The molecule has 1 amide bonds. The molecule has 2 heterocycles. The number of benzene rings is 3. The fourth-order valence-corrected chi connectivity index (χ4v) is 4.81. The molecule has 0 bridgehead atoms. The predicted octanol–water partition coefficient (Wildman–Crippen LogP) is 6.07. The molecule has 4 aromatic rings. The molecule has 200 valence electrons. The van der Waals surface area contributed by atoms with Crippen LogP contribution in [0.4, 0.5) is 4.79 Å². The van der Waals surface area contributed by atoms with Gasteiger partial charge in [-0.15, -0.1) is 0 Å². The van der Waals surface area contributed by atoms with Gasteiger partial charge in [0, 0.05) is 18.2 Å². The molecule has 1 aliphatic heterocycles. The van der Waals surface area contributed by atoms with Gasteiger partial charge < -0.3 is 18.8 Å². The largest absolute Gasteiger partial charge is 0.466 e. The van der Waals surface area contributed by atoms with Gasteiger partial charge in [0.05, 0.1) is 43.8 Å². The normalized spacial score (nSPS) is 16.7. The van der Waals surface area contributed by atoms with Crippen molar-refractivity contribution in [2.45, 2.75) is 39.0 Å². The minimum Gasteiger partial charge on any atom is -0.466 e. The van der Waals surface area contributed by atoms with Gasteiger partial charge in [0.2, 0.25) is 0 Å². The van der Waals surface area contributed by atoms with Crippen LogP contribution in [0, 0.1) is 0 Å². The topological polar surface area (TPSA) is 82.9 Å². The van der Waals surface area contributed by atoms with Gasteiger partial charge in [0.25, 0.3) is 0 Å². The SMILES string of the molecule is CCOC(=O)Cc1cccc(Oc2ccc(-c3cncn3C)cc2CN2C(=O)O[C@H](c3ccccc3)[C@@H]2C)c1. The lowest BCUT2D eigenvalue weighted by Crippen LogP contribution is -2.31. The second-order valence-corrected chi connectivity index (χ2v) is 9.53. The minimum absolute atomic E-state index is 0.162. The number of aryl methyl sites for hydroxylation is 1. The van der Waals surface area contributed by atoms with E-state index in [0.717, 1.165) is 27.9 Å². The van der Waals surface area contributed by atoms with Gasteiger partial charge in [-0.05, 0) is 55.3 Å². The van der Waals surface area contributed by atoms with E-state index in [1.165, 1.54) is 0 Å². The fraction of sp³-hybridized carbons (Fsp3) is 0.258. The van der Waals surface area contributed by atoms with Crippen molar-refractivity contribution in [3.63, 3.8) is 0 Å².